The first-order valence-corrected chi connectivity index (χ1v) is 7.13. The molecule has 2 aromatic heterocycles. The van der Waals surface area contributed by atoms with Crippen LogP contribution >= 0.6 is 11.6 Å². The number of nitrogens with two attached hydrogens (primary N) is 1. The summed E-state index contributed by atoms with van der Waals surface area (Å²) in [6.45, 7) is 2.32. The second kappa shape index (κ2) is 5.02. The maximum absolute atomic E-state index is 12.1. The molecule has 10 heteroatoms. The molecule has 0 bridgehead atoms. The third-order valence-corrected chi connectivity index (χ3v) is 3.77. The molecule has 0 unspecified atom stereocenters. The summed E-state index contributed by atoms with van der Waals surface area (Å²) in [6, 6.07) is 1.43. The molecule has 0 aliphatic heterocycles. The molecular weight excluding hydrogens is 292 g/mol. The van der Waals surface area contributed by atoms with Crippen molar-refractivity contribution in [1.29, 1.82) is 0 Å². The third-order valence-electron chi connectivity index (χ3n) is 2.22. The van der Waals surface area contributed by atoms with Crippen LogP contribution in [0.2, 0.25) is 5.15 Å². The first kappa shape index (κ1) is 13.6. The number of hydrogen-bond donors (Lipinski definition) is 2. The van der Waals surface area contributed by atoms with Crippen molar-refractivity contribution in [1.82, 2.24) is 19.7 Å². The highest BCUT2D eigenvalue weighted by Gasteiger charge is 2.22. The third kappa shape index (κ3) is 2.93. The normalized spacial score (nSPS) is 11.5. The summed E-state index contributed by atoms with van der Waals surface area (Å²) in [5.74, 6) is -0.215. The summed E-state index contributed by atoms with van der Waals surface area (Å²) in [4.78, 5) is 7.36. The fraction of sp³-hybridized carbons (Fsp3) is 0.222. The van der Waals surface area contributed by atoms with Gasteiger partial charge in [-0.15, -0.1) is 0 Å². The molecule has 0 fully saturated rings. The highest BCUT2D eigenvalue weighted by Crippen LogP contribution is 2.19. The molecule has 0 aliphatic carbocycles. The SMILES string of the molecule is CCn1cc(S(=O)(=O)Nc2nccc(Cl)n2)c(N)n1. The van der Waals surface area contributed by atoms with Crippen LogP contribution in [0.1, 0.15) is 6.92 Å². The van der Waals surface area contributed by atoms with Crippen molar-refractivity contribution in [3.8, 4) is 0 Å². The van der Waals surface area contributed by atoms with Gasteiger partial charge in [-0.25, -0.2) is 23.1 Å². The smallest absolute Gasteiger partial charge is 0.269 e. The van der Waals surface area contributed by atoms with Gasteiger partial charge in [-0.3, -0.25) is 4.68 Å². The van der Waals surface area contributed by atoms with E-state index in [1.54, 1.807) is 0 Å². The van der Waals surface area contributed by atoms with Gasteiger partial charge in [0.15, 0.2) is 5.82 Å². The summed E-state index contributed by atoms with van der Waals surface area (Å²) in [6.07, 6.45) is 2.67. The summed E-state index contributed by atoms with van der Waals surface area (Å²) >= 11 is 5.65. The van der Waals surface area contributed by atoms with Gasteiger partial charge in [0, 0.05) is 18.9 Å². The van der Waals surface area contributed by atoms with Gasteiger partial charge in [0.1, 0.15) is 10.0 Å². The number of nitrogens with zero attached hydrogens (tertiary/aromatic N) is 4. The molecule has 19 heavy (non-hydrogen) atoms. The first-order chi connectivity index (χ1) is 8.92. The average Bonchev–Trinajstić information content (AvgIpc) is 2.71. The van der Waals surface area contributed by atoms with Crippen LogP contribution in [0.25, 0.3) is 0 Å². The molecule has 0 saturated carbocycles. The van der Waals surface area contributed by atoms with Gasteiger partial charge >= 0.3 is 0 Å². The summed E-state index contributed by atoms with van der Waals surface area (Å²) in [7, 11) is -3.89. The Morgan fingerprint density at radius 1 is 1.53 bits per heavy atom. The van der Waals surface area contributed by atoms with E-state index in [-0.39, 0.29) is 21.8 Å². The van der Waals surface area contributed by atoms with Crippen LogP contribution in [-0.4, -0.2) is 28.2 Å². The van der Waals surface area contributed by atoms with Crippen LogP contribution in [0.4, 0.5) is 11.8 Å². The minimum atomic E-state index is -3.89. The Hall–Kier alpha value is -1.87. The lowest BCUT2D eigenvalue weighted by Crippen LogP contribution is -2.15. The Morgan fingerprint density at radius 2 is 2.26 bits per heavy atom. The molecule has 0 aromatic carbocycles. The molecule has 102 valence electrons. The van der Waals surface area contributed by atoms with Crippen LogP contribution in [0.3, 0.4) is 0 Å². The largest absolute Gasteiger partial charge is 0.381 e. The minimum absolute atomic E-state index is 0.0867. The van der Waals surface area contributed by atoms with Crippen molar-refractivity contribution in [3.63, 3.8) is 0 Å². The summed E-state index contributed by atoms with van der Waals surface area (Å²) in [5, 5.41) is 3.99. The van der Waals surface area contributed by atoms with Gasteiger partial charge < -0.3 is 5.73 Å². The number of nitrogens with one attached hydrogen (secondary N) is 1. The highest BCUT2D eigenvalue weighted by atomic mass is 35.5. The highest BCUT2D eigenvalue weighted by molar-refractivity contribution is 7.92. The lowest BCUT2D eigenvalue weighted by atomic mass is 10.6. The van der Waals surface area contributed by atoms with E-state index in [0.29, 0.717) is 6.54 Å². The second-order valence-electron chi connectivity index (χ2n) is 3.54. The molecule has 0 aliphatic rings. The van der Waals surface area contributed by atoms with Crippen LogP contribution in [0, 0.1) is 0 Å². The van der Waals surface area contributed by atoms with Crippen LogP contribution in [0.5, 0.6) is 0 Å². The molecule has 3 N–H and O–H groups in total. The Kier molecular flexibility index (Phi) is 3.58. The molecule has 0 saturated heterocycles. The molecule has 0 amide bonds. The van der Waals surface area contributed by atoms with E-state index in [2.05, 4.69) is 19.8 Å². The van der Waals surface area contributed by atoms with Gasteiger partial charge in [0.05, 0.1) is 0 Å². The zero-order valence-corrected chi connectivity index (χ0v) is 11.5. The summed E-state index contributed by atoms with van der Waals surface area (Å²) < 4.78 is 27.8. The summed E-state index contributed by atoms with van der Waals surface area (Å²) in [5.41, 5.74) is 5.57. The number of aromatic nitrogens is 4. The lowest BCUT2D eigenvalue weighted by Gasteiger charge is -2.04. The molecule has 0 radical (unpaired) electrons. The Labute approximate surface area is 114 Å². The molecule has 2 heterocycles. The van der Waals surface area contributed by atoms with Crippen molar-refractivity contribution < 1.29 is 8.42 Å². The van der Waals surface area contributed by atoms with E-state index in [9.17, 15) is 8.42 Å². The van der Waals surface area contributed by atoms with Crippen molar-refractivity contribution in [2.45, 2.75) is 18.4 Å². The van der Waals surface area contributed by atoms with Crippen LogP contribution in [0.15, 0.2) is 23.4 Å². The number of anilines is 2. The monoisotopic (exact) mass is 302 g/mol. The fourth-order valence-corrected chi connectivity index (χ4v) is 2.51. The van der Waals surface area contributed by atoms with Crippen molar-refractivity contribution in [2.24, 2.45) is 0 Å². The number of rotatable bonds is 4. The van der Waals surface area contributed by atoms with E-state index in [1.165, 1.54) is 23.1 Å². The maximum Gasteiger partial charge on any atom is 0.269 e. The van der Waals surface area contributed by atoms with Gasteiger partial charge in [-0.1, -0.05) is 11.6 Å². The number of halogens is 1. The first-order valence-electron chi connectivity index (χ1n) is 5.26. The topological polar surface area (TPSA) is 116 Å². The average molecular weight is 303 g/mol. The number of hydrogen-bond acceptors (Lipinski definition) is 6. The van der Waals surface area contributed by atoms with E-state index in [4.69, 9.17) is 17.3 Å². The number of aryl methyl sites for hydroxylation is 1. The Balaban J connectivity index is 2.34. The van der Waals surface area contributed by atoms with Crippen molar-refractivity contribution in [3.05, 3.63) is 23.6 Å². The Morgan fingerprint density at radius 3 is 2.84 bits per heavy atom. The second-order valence-corrected chi connectivity index (χ2v) is 5.58. The van der Waals surface area contributed by atoms with E-state index < -0.39 is 10.0 Å². The standard InChI is InChI=1S/C9H11ClN6O2S/c1-2-16-5-6(8(11)14-16)19(17,18)15-9-12-4-3-7(10)13-9/h3-5H,2H2,1H3,(H2,11,14)(H,12,13,15). The van der Waals surface area contributed by atoms with Gasteiger partial charge in [-0.05, 0) is 13.0 Å². The van der Waals surface area contributed by atoms with E-state index in [1.807, 2.05) is 6.92 Å². The number of sulfonamides is 1. The molecular formula is C9H11ClN6O2S. The van der Waals surface area contributed by atoms with Crippen LogP contribution < -0.4 is 10.5 Å². The Bertz CT molecular complexity index is 698. The van der Waals surface area contributed by atoms with Crippen molar-refractivity contribution in [2.75, 3.05) is 10.5 Å². The van der Waals surface area contributed by atoms with Crippen molar-refractivity contribution >= 4 is 33.4 Å². The van der Waals surface area contributed by atoms with E-state index in [0.717, 1.165) is 0 Å². The van der Waals surface area contributed by atoms with Gasteiger partial charge in [0.25, 0.3) is 10.0 Å². The quantitative estimate of drug-likeness (QED) is 0.804. The molecule has 0 spiro atoms. The molecule has 2 rings (SSSR count). The molecule has 2 aromatic rings. The number of nitrogen functional groups attached to an aromatic ring is 1. The predicted molar refractivity (Wildman–Crippen MR) is 70.2 cm³/mol. The fourth-order valence-electron chi connectivity index (χ4n) is 1.35. The maximum atomic E-state index is 12.1. The predicted octanol–water partition coefficient (Wildman–Crippen LogP) is 0.729. The zero-order chi connectivity index (χ0) is 14.0. The molecule has 8 nitrogen and oxygen atoms in total. The van der Waals surface area contributed by atoms with Gasteiger partial charge in [0.2, 0.25) is 5.95 Å². The lowest BCUT2D eigenvalue weighted by molar-refractivity contribution is 0.600. The molecule has 0 atom stereocenters. The van der Waals surface area contributed by atoms with Gasteiger partial charge in [-0.2, -0.15) is 5.10 Å². The van der Waals surface area contributed by atoms with Crippen LogP contribution in [-0.2, 0) is 16.6 Å². The minimum Gasteiger partial charge on any atom is -0.381 e. The van der Waals surface area contributed by atoms with E-state index >= 15 is 0 Å². The zero-order valence-electron chi connectivity index (χ0n) is 9.91.